The Hall–Kier alpha value is -2.80. The van der Waals surface area contributed by atoms with E-state index in [2.05, 4.69) is 102 Å². The molecule has 0 saturated carbocycles. The highest BCUT2D eigenvalue weighted by atomic mass is 15.2. The third-order valence-corrected chi connectivity index (χ3v) is 5.06. The Labute approximate surface area is 150 Å². The SMILES string of the molecule is C=C1C[C@H](c2ccccc2)N(c2ccccc2)[C@H](c2ccccc2)C1. The molecule has 25 heavy (non-hydrogen) atoms. The van der Waals surface area contributed by atoms with Crippen LogP contribution in [-0.4, -0.2) is 0 Å². The van der Waals surface area contributed by atoms with Crippen molar-refractivity contribution >= 4 is 5.69 Å². The molecule has 2 atom stereocenters. The van der Waals surface area contributed by atoms with Gasteiger partial charge in [-0.05, 0) is 36.1 Å². The Morgan fingerprint density at radius 1 is 0.600 bits per heavy atom. The summed E-state index contributed by atoms with van der Waals surface area (Å²) in [4.78, 5) is 2.58. The molecule has 3 aromatic rings. The molecule has 1 heterocycles. The molecule has 1 nitrogen and oxygen atoms in total. The maximum absolute atomic E-state index is 4.37. The zero-order valence-electron chi connectivity index (χ0n) is 14.4. The van der Waals surface area contributed by atoms with Gasteiger partial charge in [-0.25, -0.2) is 0 Å². The minimum Gasteiger partial charge on any atom is -0.357 e. The van der Waals surface area contributed by atoms with Gasteiger partial charge in [0, 0.05) is 5.69 Å². The van der Waals surface area contributed by atoms with Gasteiger partial charge in [0.15, 0.2) is 0 Å². The minimum absolute atomic E-state index is 0.315. The third-order valence-electron chi connectivity index (χ3n) is 5.06. The predicted molar refractivity (Wildman–Crippen MR) is 106 cm³/mol. The number of anilines is 1. The molecule has 0 spiro atoms. The zero-order chi connectivity index (χ0) is 17.1. The number of hydrogen-bond donors (Lipinski definition) is 0. The molecule has 124 valence electrons. The summed E-state index contributed by atoms with van der Waals surface area (Å²) in [7, 11) is 0. The highest BCUT2D eigenvalue weighted by molar-refractivity contribution is 5.53. The number of para-hydroxylation sites is 1. The van der Waals surface area contributed by atoms with Crippen LogP contribution in [0.15, 0.2) is 103 Å². The number of benzene rings is 3. The van der Waals surface area contributed by atoms with Crippen LogP contribution in [0.3, 0.4) is 0 Å². The van der Waals surface area contributed by atoms with E-state index in [9.17, 15) is 0 Å². The maximum Gasteiger partial charge on any atom is 0.0586 e. The molecular formula is C24H23N. The van der Waals surface area contributed by atoms with Crippen LogP contribution < -0.4 is 4.90 Å². The second-order valence-corrected chi connectivity index (χ2v) is 6.75. The molecular weight excluding hydrogens is 302 g/mol. The number of rotatable bonds is 3. The van der Waals surface area contributed by atoms with E-state index >= 15 is 0 Å². The first-order chi connectivity index (χ1) is 12.3. The molecule has 0 aromatic heterocycles. The first-order valence-electron chi connectivity index (χ1n) is 8.93. The Kier molecular flexibility index (Phi) is 4.39. The van der Waals surface area contributed by atoms with E-state index in [1.807, 2.05) is 0 Å². The van der Waals surface area contributed by atoms with Crippen molar-refractivity contribution in [3.05, 3.63) is 114 Å². The number of hydrogen-bond acceptors (Lipinski definition) is 1. The Morgan fingerprint density at radius 2 is 1.00 bits per heavy atom. The van der Waals surface area contributed by atoms with Gasteiger partial charge in [-0.2, -0.15) is 0 Å². The van der Waals surface area contributed by atoms with Gasteiger partial charge in [-0.3, -0.25) is 0 Å². The molecule has 1 saturated heterocycles. The van der Waals surface area contributed by atoms with Crippen molar-refractivity contribution in [1.29, 1.82) is 0 Å². The van der Waals surface area contributed by atoms with E-state index in [0.29, 0.717) is 12.1 Å². The molecule has 0 radical (unpaired) electrons. The van der Waals surface area contributed by atoms with Crippen LogP contribution in [0.1, 0.15) is 36.1 Å². The summed E-state index contributed by atoms with van der Waals surface area (Å²) in [6, 6.07) is 33.1. The molecule has 0 bridgehead atoms. The fourth-order valence-corrected chi connectivity index (χ4v) is 3.91. The van der Waals surface area contributed by atoms with Crippen LogP contribution >= 0.6 is 0 Å². The summed E-state index contributed by atoms with van der Waals surface area (Å²) in [5.74, 6) is 0. The molecule has 0 unspecified atom stereocenters. The van der Waals surface area contributed by atoms with E-state index in [-0.39, 0.29) is 0 Å². The number of piperidine rings is 1. The van der Waals surface area contributed by atoms with Gasteiger partial charge in [-0.1, -0.05) is 91.0 Å². The van der Waals surface area contributed by atoms with E-state index in [0.717, 1.165) is 12.8 Å². The Bertz CT molecular complexity index is 772. The van der Waals surface area contributed by atoms with Crippen molar-refractivity contribution in [2.24, 2.45) is 0 Å². The minimum atomic E-state index is 0.315. The van der Waals surface area contributed by atoms with E-state index in [1.54, 1.807) is 0 Å². The Balaban J connectivity index is 1.83. The van der Waals surface area contributed by atoms with Gasteiger partial charge in [0.25, 0.3) is 0 Å². The zero-order valence-corrected chi connectivity index (χ0v) is 14.4. The molecule has 0 aliphatic carbocycles. The second kappa shape index (κ2) is 6.98. The van der Waals surface area contributed by atoms with Crippen LogP contribution in [0.4, 0.5) is 5.69 Å². The van der Waals surface area contributed by atoms with Crippen molar-refractivity contribution in [2.45, 2.75) is 24.9 Å². The lowest BCUT2D eigenvalue weighted by Crippen LogP contribution is -2.37. The predicted octanol–water partition coefficient (Wildman–Crippen LogP) is 6.33. The van der Waals surface area contributed by atoms with Crippen molar-refractivity contribution < 1.29 is 0 Å². The van der Waals surface area contributed by atoms with Gasteiger partial charge >= 0.3 is 0 Å². The summed E-state index contributed by atoms with van der Waals surface area (Å²) in [5, 5.41) is 0. The number of nitrogens with zero attached hydrogens (tertiary/aromatic N) is 1. The average molecular weight is 325 g/mol. The lowest BCUT2D eigenvalue weighted by Gasteiger charge is -2.45. The van der Waals surface area contributed by atoms with Crippen LogP contribution in [0.5, 0.6) is 0 Å². The molecule has 1 aliphatic heterocycles. The molecule has 0 N–H and O–H groups in total. The fraction of sp³-hybridized carbons (Fsp3) is 0.167. The summed E-state index contributed by atoms with van der Waals surface area (Å²) in [5.41, 5.74) is 5.31. The summed E-state index contributed by atoms with van der Waals surface area (Å²) in [6.45, 7) is 4.37. The Morgan fingerprint density at radius 3 is 1.44 bits per heavy atom. The molecule has 3 aromatic carbocycles. The van der Waals surface area contributed by atoms with Crippen LogP contribution in [0.25, 0.3) is 0 Å². The highest BCUT2D eigenvalue weighted by Gasteiger charge is 2.34. The summed E-state index contributed by atoms with van der Waals surface area (Å²) >= 11 is 0. The van der Waals surface area contributed by atoms with Crippen molar-refractivity contribution in [2.75, 3.05) is 4.90 Å². The van der Waals surface area contributed by atoms with Gasteiger partial charge in [0.1, 0.15) is 0 Å². The first-order valence-corrected chi connectivity index (χ1v) is 8.93. The van der Waals surface area contributed by atoms with E-state index < -0.39 is 0 Å². The molecule has 4 rings (SSSR count). The summed E-state index contributed by atoms with van der Waals surface area (Å²) < 4.78 is 0. The lowest BCUT2D eigenvalue weighted by atomic mass is 9.84. The lowest BCUT2D eigenvalue weighted by molar-refractivity contribution is 0.464. The van der Waals surface area contributed by atoms with Crippen LogP contribution in [0, 0.1) is 0 Å². The monoisotopic (exact) mass is 325 g/mol. The van der Waals surface area contributed by atoms with Crippen molar-refractivity contribution in [1.82, 2.24) is 0 Å². The van der Waals surface area contributed by atoms with Gasteiger partial charge < -0.3 is 4.90 Å². The highest BCUT2D eigenvalue weighted by Crippen LogP contribution is 2.46. The van der Waals surface area contributed by atoms with E-state index in [1.165, 1.54) is 22.4 Å². The van der Waals surface area contributed by atoms with E-state index in [4.69, 9.17) is 0 Å². The topological polar surface area (TPSA) is 3.24 Å². The van der Waals surface area contributed by atoms with Crippen molar-refractivity contribution in [3.8, 4) is 0 Å². The largest absolute Gasteiger partial charge is 0.357 e. The fourth-order valence-electron chi connectivity index (χ4n) is 3.91. The normalized spacial score (nSPS) is 20.5. The average Bonchev–Trinajstić information content (AvgIpc) is 2.69. The summed E-state index contributed by atoms with van der Waals surface area (Å²) in [6.07, 6.45) is 2.00. The smallest absolute Gasteiger partial charge is 0.0586 e. The molecule has 0 amide bonds. The first kappa shape index (κ1) is 15.7. The van der Waals surface area contributed by atoms with Crippen molar-refractivity contribution in [3.63, 3.8) is 0 Å². The molecule has 1 aliphatic rings. The maximum atomic E-state index is 4.37. The molecule has 1 heteroatoms. The van der Waals surface area contributed by atoms with Crippen LogP contribution in [-0.2, 0) is 0 Å². The van der Waals surface area contributed by atoms with Crippen LogP contribution in [0.2, 0.25) is 0 Å². The van der Waals surface area contributed by atoms with Gasteiger partial charge in [-0.15, -0.1) is 0 Å². The van der Waals surface area contributed by atoms with Gasteiger partial charge in [0.05, 0.1) is 12.1 Å². The quantitative estimate of drug-likeness (QED) is 0.509. The second-order valence-electron chi connectivity index (χ2n) is 6.75. The molecule has 1 fully saturated rings. The third kappa shape index (κ3) is 3.23. The standard InChI is InChI=1S/C24H23N/c1-19-17-23(20-11-5-2-6-12-20)25(22-15-9-4-10-16-22)24(18-19)21-13-7-3-8-14-21/h2-16,23-24H,1,17-18H2/t23-,24+. The van der Waals surface area contributed by atoms with Gasteiger partial charge in [0.2, 0.25) is 0 Å².